The van der Waals surface area contributed by atoms with Gasteiger partial charge in [-0.1, -0.05) is 31.5 Å². The Labute approximate surface area is 183 Å². The van der Waals surface area contributed by atoms with Gasteiger partial charge in [-0.3, -0.25) is 4.79 Å². The standard InChI is InChI=1S/C21H30N4O5S/c1-3-4-14-29-15-16-30-20-19(23-10-12-24(13-11-23)31(2,27)28)17-22-25(21(20)26)18-8-6-5-7-9-18/h5-9,17H,3-4,10-16H2,1-2H3. The van der Waals surface area contributed by atoms with Crippen LogP contribution in [0, 0.1) is 0 Å². The Kier molecular flexibility index (Phi) is 8.05. The maximum atomic E-state index is 13.2. The summed E-state index contributed by atoms with van der Waals surface area (Å²) >= 11 is 0. The number of benzene rings is 1. The fourth-order valence-electron chi connectivity index (χ4n) is 3.36. The number of unbranched alkanes of at least 4 members (excludes halogenated alkanes) is 1. The highest BCUT2D eigenvalue weighted by molar-refractivity contribution is 7.88. The van der Waals surface area contributed by atoms with Crippen molar-refractivity contribution in [2.24, 2.45) is 0 Å². The minimum absolute atomic E-state index is 0.200. The van der Waals surface area contributed by atoms with Crippen LogP contribution in [0.15, 0.2) is 41.3 Å². The lowest BCUT2D eigenvalue weighted by molar-refractivity contribution is 0.0974. The number of hydrogen-bond acceptors (Lipinski definition) is 7. The van der Waals surface area contributed by atoms with Gasteiger partial charge in [-0.15, -0.1) is 0 Å². The van der Waals surface area contributed by atoms with Crippen molar-refractivity contribution in [1.82, 2.24) is 14.1 Å². The van der Waals surface area contributed by atoms with Crippen molar-refractivity contribution < 1.29 is 17.9 Å². The van der Waals surface area contributed by atoms with E-state index in [2.05, 4.69) is 12.0 Å². The Bertz CT molecular complexity index is 1000. The van der Waals surface area contributed by atoms with Crippen LogP contribution in [0.4, 0.5) is 5.69 Å². The van der Waals surface area contributed by atoms with E-state index in [0.29, 0.717) is 50.8 Å². The molecule has 9 nitrogen and oxygen atoms in total. The third kappa shape index (κ3) is 6.05. The molecule has 31 heavy (non-hydrogen) atoms. The van der Waals surface area contributed by atoms with E-state index in [4.69, 9.17) is 9.47 Å². The van der Waals surface area contributed by atoms with Crippen molar-refractivity contribution >= 4 is 15.7 Å². The zero-order valence-electron chi connectivity index (χ0n) is 18.1. The number of ether oxygens (including phenoxy) is 2. The van der Waals surface area contributed by atoms with Gasteiger partial charge >= 0.3 is 5.56 Å². The predicted molar refractivity (Wildman–Crippen MR) is 120 cm³/mol. The second-order valence-electron chi connectivity index (χ2n) is 7.37. The monoisotopic (exact) mass is 450 g/mol. The van der Waals surface area contributed by atoms with Crippen LogP contribution in [0.1, 0.15) is 19.8 Å². The van der Waals surface area contributed by atoms with Gasteiger partial charge in [-0.05, 0) is 18.6 Å². The van der Waals surface area contributed by atoms with E-state index >= 15 is 0 Å². The molecule has 1 aliphatic rings. The molecule has 0 saturated carbocycles. The fraction of sp³-hybridized carbons (Fsp3) is 0.524. The van der Waals surface area contributed by atoms with Crippen LogP contribution in [0.3, 0.4) is 0 Å². The molecule has 0 unspecified atom stereocenters. The largest absolute Gasteiger partial charge is 0.484 e. The van der Waals surface area contributed by atoms with Crippen LogP contribution in [0.25, 0.3) is 5.69 Å². The Hall–Kier alpha value is -2.43. The first-order valence-electron chi connectivity index (χ1n) is 10.5. The van der Waals surface area contributed by atoms with E-state index in [9.17, 15) is 13.2 Å². The van der Waals surface area contributed by atoms with Gasteiger partial charge in [-0.2, -0.15) is 14.1 Å². The molecule has 0 spiro atoms. The molecule has 1 fully saturated rings. The first-order chi connectivity index (χ1) is 14.9. The Morgan fingerprint density at radius 2 is 1.74 bits per heavy atom. The van der Waals surface area contributed by atoms with Crippen molar-refractivity contribution in [3.8, 4) is 11.4 Å². The van der Waals surface area contributed by atoms with Crippen LogP contribution >= 0.6 is 0 Å². The normalized spacial score (nSPS) is 15.2. The molecule has 0 radical (unpaired) electrons. The number of rotatable bonds is 10. The molecule has 0 atom stereocenters. The van der Waals surface area contributed by atoms with Crippen molar-refractivity contribution in [2.45, 2.75) is 19.8 Å². The Morgan fingerprint density at radius 3 is 2.39 bits per heavy atom. The van der Waals surface area contributed by atoms with Crippen LogP contribution in [-0.4, -0.2) is 74.8 Å². The van der Waals surface area contributed by atoms with E-state index in [1.54, 1.807) is 18.3 Å². The number of anilines is 1. The van der Waals surface area contributed by atoms with Crippen LogP contribution in [0.5, 0.6) is 5.75 Å². The second-order valence-corrected chi connectivity index (χ2v) is 9.36. The first kappa shape index (κ1) is 23.2. The summed E-state index contributed by atoms with van der Waals surface area (Å²) in [6.07, 6.45) is 4.85. The van der Waals surface area contributed by atoms with Crippen molar-refractivity contribution in [3.63, 3.8) is 0 Å². The molecule has 1 aromatic carbocycles. The van der Waals surface area contributed by atoms with Gasteiger partial charge in [0.2, 0.25) is 15.8 Å². The summed E-state index contributed by atoms with van der Waals surface area (Å²) in [7, 11) is -3.24. The molecule has 170 valence electrons. The average Bonchev–Trinajstić information content (AvgIpc) is 2.77. The summed E-state index contributed by atoms with van der Waals surface area (Å²) in [5.74, 6) is 0.200. The van der Waals surface area contributed by atoms with Crippen LogP contribution in [0.2, 0.25) is 0 Å². The molecule has 10 heteroatoms. The lowest BCUT2D eigenvalue weighted by Gasteiger charge is -2.35. The molecule has 0 N–H and O–H groups in total. The third-order valence-corrected chi connectivity index (χ3v) is 6.38. The van der Waals surface area contributed by atoms with E-state index in [0.717, 1.165) is 12.8 Å². The smallest absolute Gasteiger partial charge is 0.316 e. The van der Waals surface area contributed by atoms with E-state index in [1.807, 2.05) is 23.1 Å². The van der Waals surface area contributed by atoms with Crippen molar-refractivity contribution in [2.75, 3.05) is 57.2 Å². The minimum atomic E-state index is -3.24. The topological polar surface area (TPSA) is 94.0 Å². The highest BCUT2D eigenvalue weighted by Gasteiger charge is 2.27. The first-order valence-corrected chi connectivity index (χ1v) is 12.3. The summed E-state index contributed by atoms with van der Waals surface area (Å²) < 4.78 is 37.8. The third-order valence-electron chi connectivity index (χ3n) is 5.08. The van der Waals surface area contributed by atoms with E-state index in [-0.39, 0.29) is 17.9 Å². The summed E-state index contributed by atoms with van der Waals surface area (Å²) in [6, 6.07) is 9.15. The number of nitrogens with zero attached hydrogens (tertiary/aromatic N) is 4. The summed E-state index contributed by atoms with van der Waals surface area (Å²) in [5.41, 5.74) is 0.853. The number of hydrogen-bond donors (Lipinski definition) is 0. The Balaban J connectivity index is 1.82. The summed E-state index contributed by atoms with van der Waals surface area (Å²) in [4.78, 5) is 15.2. The highest BCUT2D eigenvalue weighted by atomic mass is 32.2. The lowest BCUT2D eigenvalue weighted by Crippen LogP contribution is -2.48. The SMILES string of the molecule is CCCCOCCOc1c(N2CCN(S(C)(=O)=O)CC2)cnn(-c2ccccc2)c1=O. The summed E-state index contributed by atoms with van der Waals surface area (Å²) in [6.45, 7) is 4.98. The van der Waals surface area contributed by atoms with Gasteiger partial charge in [0.05, 0.1) is 24.7 Å². The molecule has 1 aromatic heterocycles. The van der Waals surface area contributed by atoms with Gasteiger partial charge in [0, 0.05) is 32.8 Å². The van der Waals surface area contributed by atoms with E-state index in [1.165, 1.54) is 15.2 Å². The van der Waals surface area contributed by atoms with Crippen LogP contribution < -0.4 is 15.2 Å². The maximum Gasteiger partial charge on any atom is 0.316 e. The maximum absolute atomic E-state index is 13.2. The molecule has 0 amide bonds. The van der Waals surface area contributed by atoms with Crippen LogP contribution in [-0.2, 0) is 14.8 Å². The number of para-hydroxylation sites is 1. The molecule has 2 aromatic rings. The van der Waals surface area contributed by atoms with Gasteiger partial charge in [0.1, 0.15) is 12.3 Å². The number of sulfonamides is 1. The van der Waals surface area contributed by atoms with Gasteiger partial charge in [0.15, 0.2) is 0 Å². The molecular weight excluding hydrogens is 420 g/mol. The number of aromatic nitrogens is 2. The molecule has 0 bridgehead atoms. The molecular formula is C21H30N4O5S. The molecule has 0 aliphatic carbocycles. The van der Waals surface area contributed by atoms with Crippen molar-refractivity contribution in [3.05, 3.63) is 46.9 Å². The Morgan fingerprint density at radius 1 is 1.03 bits per heavy atom. The molecule has 2 heterocycles. The zero-order valence-corrected chi connectivity index (χ0v) is 18.9. The second kappa shape index (κ2) is 10.7. The quantitative estimate of drug-likeness (QED) is 0.507. The van der Waals surface area contributed by atoms with E-state index < -0.39 is 10.0 Å². The van der Waals surface area contributed by atoms with Gasteiger partial charge in [-0.25, -0.2) is 8.42 Å². The summed E-state index contributed by atoms with van der Waals surface area (Å²) in [5, 5.41) is 4.34. The predicted octanol–water partition coefficient (Wildman–Crippen LogP) is 1.51. The van der Waals surface area contributed by atoms with Gasteiger partial charge in [0.25, 0.3) is 0 Å². The van der Waals surface area contributed by atoms with Crippen molar-refractivity contribution in [1.29, 1.82) is 0 Å². The zero-order chi connectivity index (χ0) is 22.3. The molecule has 1 aliphatic heterocycles. The lowest BCUT2D eigenvalue weighted by atomic mass is 10.3. The minimum Gasteiger partial charge on any atom is -0.484 e. The average molecular weight is 451 g/mol. The number of piperazine rings is 1. The molecule has 1 saturated heterocycles. The highest BCUT2D eigenvalue weighted by Crippen LogP contribution is 2.25. The van der Waals surface area contributed by atoms with Gasteiger partial charge < -0.3 is 14.4 Å². The fourth-order valence-corrected chi connectivity index (χ4v) is 4.18. The molecule has 3 rings (SSSR count).